The van der Waals surface area contributed by atoms with Crippen LogP contribution in [0.2, 0.25) is 5.02 Å². The van der Waals surface area contributed by atoms with Gasteiger partial charge in [-0.3, -0.25) is 9.78 Å². The van der Waals surface area contributed by atoms with Crippen molar-refractivity contribution in [1.82, 2.24) is 20.4 Å². The second-order valence-corrected chi connectivity index (χ2v) is 5.85. The topological polar surface area (TPSA) is 80.9 Å². The molecule has 1 amide bonds. The molecule has 8 heteroatoms. The third-order valence-electron chi connectivity index (χ3n) is 2.98. The molecular weight excluding hydrogens is 384 g/mol. The third kappa shape index (κ3) is 3.75. The Bertz CT molecular complexity index is 839. The number of pyridine rings is 1. The Morgan fingerprint density at radius 1 is 1.26 bits per heavy atom. The molecule has 2 aromatic heterocycles. The highest BCUT2D eigenvalue weighted by atomic mass is 79.9. The van der Waals surface area contributed by atoms with Crippen molar-refractivity contribution in [3.8, 4) is 11.4 Å². The second kappa shape index (κ2) is 6.89. The Morgan fingerprint density at radius 2 is 2.04 bits per heavy atom. The molecule has 0 fully saturated rings. The van der Waals surface area contributed by atoms with E-state index in [9.17, 15) is 4.79 Å². The molecule has 0 aliphatic heterocycles. The second-order valence-electron chi connectivity index (χ2n) is 4.55. The van der Waals surface area contributed by atoms with Crippen LogP contribution in [-0.2, 0) is 6.54 Å². The van der Waals surface area contributed by atoms with Crippen molar-refractivity contribution in [1.29, 1.82) is 0 Å². The van der Waals surface area contributed by atoms with E-state index in [4.69, 9.17) is 16.1 Å². The molecule has 0 bridgehead atoms. The first kappa shape index (κ1) is 15.6. The van der Waals surface area contributed by atoms with Gasteiger partial charge in [-0.15, -0.1) is 0 Å². The molecular formula is C15H10BrClN4O2. The Balaban J connectivity index is 1.68. The molecule has 0 spiro atoms. The maximum atomic E-state index is 12.2. The first-order valence-electron chi connectivity index (χ1n) is 6.60. The molecule has 0 atom stereocenters. The van der Waals surface area contributed by atoms with E-state index >= 15 is 0 Å². The van der Waals surface area contributed by atoms with E-state index in [-0.39, 0.29) is 12.5 Å². The maximum absolute atomic E-state index is 12.2. The Morgan fingerprint density at radius 3 is 2.83 bits per heavy atom. The van der Waals surface area contributed by atoms with Gasteiger partial charge in [-0.2, -0.15) is 4.98 Å². The highest BCUT2D eigenvalue weighted by Crippen LogP contribution is 2.21. The molecule has 0 radical (unpaired) electrons. The van der Waals surface area contributed by atoms with Crippen LogP contribution in [0.3, 0.4) is 0 Å². The van der Waals surface area contributed by atoms with Crippen LogP contribution < -0.4 is 5.32 Å². The number of carbonyl (C=O) groups excluding carboxylic acids is 1. The number of carbonyl (C=O) groups is 1. The zero-order chi connectivity index (χ0) is 16.2. The first-order chi connectivity index (χ1) is 11.1. The molecule has 0 aliphatic rings. The van der Waals surface area contributed by atoms with Gasteiger partial charge >= 0.3 is 0 Å². The van der Waals surface area contributed by atoms with Gasteiger partial charge in [-0.25, -0.2) is 0 Å². The van der Waals surface area contributed by atoms with Crippen molar-refractivity contribution >= 4 is 33.4 Å². The largest absolute Gasteiger partial charge is 0.343 e. The summed E-state index contributed by atoms with van der Waals surface area (Å²) < 4.78 is 5.78. The summed E-state index contributed by atoms with van der Waals surface area (Å²) in [7, 11) is 0. The third-order valence-corrected chi connectivity index (χ3v) is 3.91. The molecule has 6 nitrogen and oxygen atoms in total. The molecule has 0 saturated carbocycles. The number of aromatic nitrogens is 3. The number of nitrogens with one attached hydrogen (secondary N) is 1. The van der Waals surface area contributed by atoms with Gasteiger partial charge in [-0.1, -0.05) is 16.8 Å². The Hall–Kier alpha value is -2.25. The lowest BCUT2D eigenvalue weighted by atomic mass is 10.2. The van der Waals surface area contributed by atoms with Crippen molar-refractivity contribution in [2.75, 3.05) is 0 Å². The summed E-state index contributed by atoms with van der Waals surface area (Å²) in [4.78, 5) is 20.3. The number of hydrogen-bond acceptors (Lipinski definition) is 5. The van der Waals surface area contributed by atoms with Crippen LogP contribution in [0.4, 0.5) is 0 Å². The number of nitrogens with zero attached hydrogens (tertiary/aromatic N) is 3. The van der Waals surface area contributed by atoms with Crippen LogP contribution in [0.25, 0.3) is 11.4 Å². The van der Waals surface area contributed by atoms with Crippen molar-refractivity contribution in [3.63, 3.8) is 0 Å². The van der Waals surface area contributed by atoms with E-state index in [2.05, 4.69) is 36.4 Å². The predicted octanol–water partition coefficient (Wildman–Crippen LogP) is 3.48. The monoisotopic (exact) mass is 392 g/mol. The van der Waals surface area contributed by atoms with E-state index in [0.29, 0.717) is 26.8 Å². The molecule has 1 aromatic carbocycles. The summed E-state index contributed by atoms with van der Waals surface area (Å²) >= 11 is 9.22. The van der Waals surface area contributed by atoms with E-state index < -0.39 is 0 Å². The SMILES string of the molecule is O=C(NCc1nc(-c2ccncc2)no1)c1cc(Cl)ccc1Br. The summed E-state index contributed by atoms with van der Waals surface area (Å²) in [5.41, 5.74) is 1.23. The molecule has 3 aromatic rings. The minimum atomic E-state index is -0.289. The fourth-order valence-electron chi connectivity index (χ4n) is 1.87. The molecule has 0 unspecified atom stereocenters. The molecule has 23 heavy (non-hydrogen) atoms. The lowest BCUT2D eigenvalue weighted by Crippen LogP contribution is -2.23. The molecule has 116 valence electrons. The molecule has 3 rings (SSSR count). The molecule has 1 N–H and O–H groups in total. The van der Waals surface area contributed by atoms with Crippen LogP contribution >= 0.6 is 27.5 Å². The number of rotatable bonds is 4. The molecule has 0 saturated heterocycles. The number of amides is 1. The van der Waals surface area contributed by atoms with E-state index in [0.717, 1.165) is 5.56 Å². The van der Waals surface area contributed by atoms with Gasteiger partial charge in [0.05, 0.1) is 12.1 Å². The summed E-state index contributed by atoms with van der Waals surface area (Å²) in [6.07, 6.45) is 3.29. The van der Waals surface area contributed by atoms with Crippen LogP contribution in [0.15, 0.2) is 51.7 Å². The van der Waals surface area contributed by atoms with Crippen LogP contribution in [0.1, 0.15) is 16.2 Å². The van der Waals surface area contributed by atoms with Gasteiger partial charge in [-0.05, 0) is 46.3 Å². The summed E-state index contributed by atoms with van der Waals surface area (Å²) in [5, 5.41) is 7.07. The van der Waals surface area contributed by atoms with Gasteiger partial charge in [0, 0.05) is 27.5 Å². The predicted molar refractivity (Wildman–Crippen MR) is 87.9 cm³/mol. The maximum Gasteiger partial charge on any atom is 0.252 e. The lowest BCUT2D eigenvalue weighted by Gasteiger charge is -2.05. The number of benzene rings is 1. The average molecular weight is 394 g/mol. The van der Waals surface area contributed by atoms with Crippen molar-refractivity contribution in [2.24, 2.45) is 0 Å². The highest BCUT2D eigenvalue weighted by Gasteiger charge is 2.13. The van der Waals surface area contributed by atoms with Crippen LogP contribution in [0.5, 0.6) is 0 Å². The first-order valence-corrected chi connectivity index (χ1v) is 7.77. The highest BCUT2D eigenvalue weighted by molar-refractivity contribution is 9.10. The van der Waals surface area contributed by atoms with Gasteiger partial charge in [0.15, 0.2) is 0 Å². The smallest absolute Gasteiger partial charge is 0.252 e. The van der Waals surface area contributed by atoms with Gasteiger partial charge < -0.3 is 9.84 Å². The average Bonchev–Trinajstić information content (AvgIpc) is 3.05. The summed E-state index contributed by atoms with van der Waals surface area (Å²) in [6.45, 7) is 0.121. The van der Waals surface area contributed by atoms with E-state index in [1.54, 1.807) is 42.7 Å². The van der Waals surface area contributed by atoms with Crippen molar-refractivity contribution in [3.05, 3.63) is 63.7 Å². The Labute approximate surface area is 145 Å². The van der Waals surface area contributed by atoms with Crippen molar-refractivity contribution in [2.45, 2.75) is 6.54 Å². The fraction of sp³-hybridized carbons (Fsp3) is 0.0667. The number of hydrogen-bond donors (Lipinski definition) is 1. The quantitative estimate of drug-likeness (QED) is 0.734. The minimum Gasteiger partial charge on any atom is -0.343 e. The van der Waals surface area contributed by atoms with Crippen molar-refractivity contribution < 1.29 is 9.32 Å². The zero-order valence-electron chi connectivity index (χ0n) is 11.7. The summed E-state index contributed by atoms with van der Waals surface area (Å²) in [6, 6.07) is 8.54. The number of halogens is 2. The lowest BCUT2D eigenvalue weighted by molar-refractivity contribution is 0.0945. The van der Waals surface area contributed by atoms with E-state index in [1.165, 1.54) is 0 Å². The summed E-state index contributed by atoms with van der Waals surface area (Å²) in [5.74, 6) is 0.465. The van der Waals surface area contributed by atoms with Crippen LogP contribution in [0, 0.1) is 0 Å². The molecule has 0 aliphatic carbocycles. The van der Waals surface area contributed by atoms with Gasteiger partial charge in [0.1, 0.15) is 0 Å². The zero-order valence-corrected chi connectivity index (χ0v) is 14.0. The van der Waals surface area contributed by atoms with Gasteiger partial charge in [0.25, 0.3) is 5.91 Å². The van der Waals surface area contributed by atoms with Gasteiger partial charge in [0.2, 0.25) is 11.7 Å². The molecule has 2 heterocycles. The fourth-order valence-corrected chi connectivity index (χ4v) is 2.47. The van der Waals surface area contributed by atoms with Crippen LogP contribution in [-0.4, -0.2) is 21.0 Å². The normalized spacial score (nSPS) is 10.5. The standard InChI is InChI=1S/C15H10BrClN4O2/c16-12-2-1-10(17)7-11(12)15(22)19-8-13-20-14(21-23-13)9-3-5-18-6-4-9/h1-7H,8H2,(H,19,22). The Kier molecular flexibility index (Phi) is 4.68. The minimum absolute atomic E-state index is 0.121. The van der Waals surface area contributed by atoms with E-state index in [1.807, 2.05) is 0 Å².